The molecule has 1 aliphatic rings. The molecule has 0 amide bonds. The number of benzene rings is 1. The zero-order valence-corrected chi connectivity index (χ0v) is 12.9. The average molecular weight is 295 g/mol. The van der Waals surface area contributed by atoms with Crippen LogP contribution in [0.2, 0.25) is 0 Å². The lowest BCUT2D eigenvalue weighted by atomic mass is 10.1. The van der Waals surface area contributed by atoms with Gasteiger partial charge in [-0.25, -0.2) is 0 Å². The number of aryl methyl sites for hydroxylation is 1. The highest BCUT2D eigenvalue weighted by atomic mass is 16.5. The first-order chi connectivity index (χ1) is 10.2. The smallest absolute Gasteiger partial charge is 0.161 e. The maximum Gasteiger partial charge on any atom is 0.161 e. The Bertz CT molecular complexity index is 438. The molecule has 1 saturated heterocycles. The van der Waals surface area contributed by atoms with Gasteiger partial charge in [-0.3, -0.25) is 4.90 Å². The molecule has 1 aromatic carbocycles. The van der Waals surface area contributed by atoms with Gasteiger partial charge in [0.25, 0.3) is 0 Å². The number of ether oxygens (including phenoxy) is 3. The second-order valence-corrected chi connectivity index (χ2v) is 5.43. The Morgan fingerprint density at radius 3 is 3.00 bits per heavy atom. The standard InChI is InChI=1S/C16H25NO4/c1-13-3-4-15(16(9-13)19-2)21-8-6-17-5-7-20-12-14(10-17)11-18/h3-4,9,14,18H,5-8,10-12H2,1-2H3/t14-/m0/s1. The number of hydrogen-bond donors (Lipinski definition) is 1. The maximum absolute atomic E-state index is 9.28. The fourth-order valence-corrected chi connectivity index (χ4v) is 2.45. The Morgan fingerprint density at radius 2 is 2.24 bits per heavy atom. The van der Waals surface area contributed by atoms with Crippen molar-refractivity contribution in [3.05, 3.63) is 23.8 Å². The fourth-order valence-electron chi connectivity index (χ4n) is 2.45. The molecule has 1 heterocycles. The Hall–Kier alpha value is -1.30. The van der Waals surface area contributed by atoms with Crippen LogP contribution in [0.3, 0.4) is 0 Å². The quantitative estimate of drug-likeness (QED) is 0.858. The number of nitrogens with zero attached hydrogens (tertiary/aromatic N) is 1. The Morgan fingerprint density at radius 1 is 1.38 bits per heavy atom. The van der Waals surface area contributed by atoms with E-state index in [2.05, 4.69) is 4.90 Å². The molecule has 1 aromatic rings. The van der Waals surface area contributed by atoms with Crippen LogP contribution in [0.4, 0.5) is 0 Å². The van der Waals surface area contributed by atoms with Crippen LogP contribution in [0.15, 0.2) is 18.2 Å². The number of aliphatic hydroxyl groups is 1. The van der Waals surface area contributed by atoms with Crippen molar-refractivity contribution in [2.24, 2.45) is 5.92 Å². The zero-order chi connectivity index (χ0) is 15.1. The third-order valence-corrected chi connectivity index (χ3v) is 3.66. The van der Waals surface area contributed by atoms with Gasteiger partial charge < -0.3 is 19.3 Å². The predicted molar refractivity (Wildman–Crippen MR) is 81.1 cm³/mol. The first-order valence-corrected chi connectivity index (χ1v) is 7.41. The molecule has 0 bridgehead atoms. The van der Waals surface area contributed by atoms with Crippen molar-refractivity contribution < 1.29 is 19.3 Å². The number of methoxy groups -OCH3 is 1. The van der Waals surface area contributed by atoms with Crippen molar-refractivity contribution in [2.45, 2.75) is 6.92 Å². The highest BCUT2D eigenvalue weighted by Crippen LogP contribution is 2.27. The first kappa shape index (κ1) is 16.1. The van der Waals surface area contributed by atoms with Gasteiger partial charge in [-0.15, -0.1) is 0 Å². The summed E-state index contributed by atoms with van der Waals surface area (Å²) in [5, 5.41) is 9.28. The van der Waals surface area contributed by atoms with Gasteiger partial charge in [0, 0.05) is 32.2 Å². The van der Waals surface area contributed by atoms with Crippen LogP contribution in [0.25, 0.3) is 0 Å². The molecule has 118 valence electrons. The second kappa shape index (κ2) is 8.22. The van der Waals surface area contributed by atoms with Gasteiger partial charge in [0.15, 0.2) is 11.5 Å². The predicted octanol–water partition coefficient (Wildman–Crippen LogP) is 1.32. The molecule has 5 heteroatoms. The van der Waals surface area contributed by atoms with Crippen molar-refractivity contribution in [1.82, 2.24) is 4.90 Å². The van der Waals surface area contributed by atoms with Gasteiger partial charge in [-0.1, -0.05) is 6.07 Å². The summed E-state index contributed by atoms with van der Waals surface area (Å²) in [6.45, 7) is 6.69. The summed E-state index contributed by atoms with van der Waals surface area (Å²) in [4.78, 5) is 2.27. The highest BCUT2D eigenvalue weighted by molar-refractivity contribution is 5.42. The SMILES string of the molecule is COc1cc(C)ccc1OCCN1CCOC[C@H](CO)C1. The summed E-state index contributed by atoms with van der Waals surface area (Å²) in [6.07, 6.45) is 0. The summed E-state index contributed by atoms with van der Waals surface area (Å²) >= 11 is 0. The minimum Gasteiger partial charge on any atom is -0.493 e. The maximum atomic E-state index is 9.28. The van der Waals surface area contributed by atoms with Crippen LogP contribution in [0, 0.1) is 12.8 Å². The van der Waals surface area contributed by atoms with E-state index in [4.69, 9.17) is 14.2 Å². The van der Waals surface area contributed by atoms with Gasteiger partial charge in [-0.05, 0) is 24.6 Å². The van der Waals surface area contributed by atoms with Crippen LogP contribution in [0.1, 0.15) is 5.56 Å². The van der Waals surface area contributed by atoms with Crippen molar-refractivity contribution in [1.29, 1.82) is 0 Å². The van der Waals surface area contributed by atoms with E-state index in [-0.39, 0.29) is 12.5 Å². The normalized spacial score (nSPS) is 20.0. The third kappa shape index (κ3) is 4.88. The third-order valence-electron chi connectivity index (χ3n) is 3.66. The lowest BCUT2D eigenvalue weighted by Gasteiger charge is -2.22. The summed E-state index contributed by atoms with van der Waals surface area (Å²) in [6, 6.07) is 5.92. The molecule has 0 saturated carbocycles. The molecule has 0 aliphatic carbocycles. The van der Waals surface area contributed by atoms with E-state index in [9.17, 15) is 5.11 Å². The monoisotopic (exact) mass is 295 g/mol. The van der Waals surface area contributed by atoms with Crippen LogP contribution >= 0.6 is 0 Å². The van der Waals surface area contributed by atoms with Gasteiger partial charge >= 0.3 is 0 Å². The van der Waals surface area contributed by atoms with Gasteiger partial charge in [0.2, 0.25) is 0 Å². The molecule has 2 rings (SSSR count). The molecule has 1 atom stereocenters. The Labute approximate surface area is 126 Å². The lowest BCUT2D eigenvalue weighted by molar-refractivity contribution is 0.0957. The topological polar surface area (TPSA) is 51.2 Å². The number of rotatable bonds is 6. The van der Waals surface area contributed by atoms with Crippen LogP contribution in [0.5, 0.6) is 11.5 Å². The van der Waals surface area contributed by atoms with E-state index < -0.39 is 0 Å². The summed E-state index contributed by atoms with van der Waals surface area (Å²) in [7, 11) is 1.65. The number of aliphatic hydroxyl groups excluding tert-OH is 1. The molecule has 0 radical (unpaired) electrons. The molecule has 21 heavy (non-hydrogen) atoms. The van der Waals surface area contributed by atoms with Crippen LogP contribution in [-0.2, 0) is 4.74 Å². The van der Waals surface area contributed by atoms with Crippen LogP contribution in [-0.4, -0.2) is 63.2 Å². The van der Waals surface area contributed by atoms with Crippen molar-refractivity contribution >= 4 is 0 Å². The zero-order valence-electron chi connectivity index (χ0n) is 12.9. The average Bonchev–Trinajstić information content (AvgIpc) is 2.73. The molecular weight excluding hydrogens is 270 g/mol. The van der Waals surface area contributed by atoms with E-state index in [0.29, 0.717) is 19.8 Å². The van der Waals surface area contributed by atoms with E-state index in [1.54, 1.807) is 7.11 Å². The minimum atomic E-state index is 0.170. The van der Waals surface area contributed by atoms with Crippen molar-refractivity contribution in [3.63, 3.8) is 0 Å². The molecule has 1 aliphatic heterocycles. The van der Waals surface area contributed by atoms with E-state index in [1.807, 2.05) is 25.1 Å². The van der Waals surface area contributed by atoms with Crippen LogP contribution < -0.4 is 9.47 Å². The highest BCUT2D eigenvalue weighted by Gasteiger charge is 2.17. The largest absolute Gasteiger partial charge is 0.493 e. The van der Waals surface area contributed by atoms with Gasteiger partial charge in [0.05, 0.1) is 20.3 Å². The molecule has 0 unspecified atom stereocenters. The van der Waals surface area contributed by atoms with Gasteiger partial charge in [0.1, 0.15) is 6.61 Å². The Kier molecular flexibility index (Phi) is 6.29. The minimum absolute atomic E-state index is 0.170. The Balaban J connectivity index is 1.83. The van der Waals surface area contributed by atoms with Crippen molar-refractivity contribution in [3.8, 4) is 11.5 Å². The first-order valence-electron chi connectivity index (χ1n) is 7.41. The number of hydrogen-bond acceptors (Lipinski definition) is 5. The molecular formula is C16H25NO4. The summed E-state index contributed by atoms with van der Waals surface area (Å²) < 4.78 is 16.6. The molecule has 1 fully saturated rings. The molecule has 0 spiro atoms. The molecule has 1 N–H and O–H groups in total. The van der Waals surface area contributed by atoms with Gasteiger partial charge in [-0.2, -0.15) is 0 Å². The van der Waals surface area contributed by atoms with E-state index in [0.717, 1.165) is 36.7 Å². The van der Waals surface area contributed by atoms with E-state index in [1.165, 1.54) is 0 Å². The summed E-state index contributed by atoms with van der Waals surface area (Å²) in [5.74, 6) is 1.73. The second-order valence-electron chi connectivity index (χ2n) is 5.43. The molecule has 5 nitrogen and oxygen atoms in total. The summed E-state index contributed by atoms with van der Waals surface area (Å²) in [5.41, 5.74) is 1.15. The lowest BCUT2D eigenvalue weighted by Crippen LogP contribution is -2.34. The fraction of sp³-hybridized carbons (Fsp3) is 0.625. The molecule has 0 aromatic heterocycles. The van der Waals surface area contributed by atoms with E-state index >= 15 is 0 Å². The van der Waals surface area contributed by atoms with Crippen molar-refractivity contribution in [2.75, 3.05) is 53.2 Å².